The van der Waals surface area contributed by atoms with Crippen LogP contribution in [0.25, 0.3) is 0 Å². The molecule has 2 atom stereocenters. The number of thioether (sulfide) groups is 1. The minimum Gasteiger partial charge on any atom is -0.480 e. The molecule has 1 amide bonds. The Morgan fingerprint density at radius 1 is 1.07 bits per heavy atom. The fraction of sp³-hybridized carbons (Fsp3) is 0.263. The number of carbonyl (C=O) groups excluding carboxylic acids is 1. The third-order valence-corrected chi connectivity index (χ3v) is 4.90. The van der Waals surface area contributed by atoms with Gasteiger partial charge in [0.1, 0.15) is 11.0 Å². The van der Waals surface area contributed by atoms with Crippen molar-refractivity contribution in [1.29, 1.82) is 0 Å². The standard InChI is InChI=1S/C19H19F2NO4S/c1-11(13-7-3-5-9-15(13)26-19(20)21)22-17(23)14-8-4-6-10-16(14)27-12(2)18(24)25/h3-12,19H,1-2H3,(H,22,23)(H,24,25). The normalized spacial score (nSPS) is 13.1. The van der Waals surface area contributed by atoms with E-state index < -0.39 is 29.8 Å². The number of ether oxygens (including phenoxy) is 1. The largest absolute Gasteiger partial charge is 0.480 e. The third-order valence-electron chi connectivity index (χ3n) is 3.73. The number of hydrogen-bond acceptors (Lipinski definition) is 4. The SMILES string of the molecule is CC(Sc1ccccc1C(=O)NC(C)c1ccccc1OC(F)F)C(=O)O. The summed E-state index contributed by atoms with van der Waals surface area (Å²) >= 11 is 1.06. The molecule has 144 valence electrons. The number of carboxylic acid groups (broad SMARTS) is 1. The van der Waals surface area contributed by atoms with E-state index in [-0.39, 0.29) is 5.75 Å². The number of carbonyl (C=O) groups is 2. The van der Waals surface area contributed by atoms with Gasteiger partial charge >= 0.3 is 12.6 Å². The summed E-state index contributed by atoms with van der Waals surface area (Å²) in [7, 11) is 0. The molecule has 0 saturated carbocycles. The molecule has 2 N–H and O–H groups in total. The Kier molecular flexibility index (Phi) is 7.18. The predicted octanol–water partition coefficient (Wildman–Crippen LogP) is 4.34. The van der Waals surface area contributed by atoms with Crippen LogP contribution in [0.3, 0.4) is 0 Å². The lowest BCUT2D eigenvalue weighted by atomic mass is 10.1. The molecule has 0 aliphatic heterocycles. The van der Waals surface area contributed by atoms with Gasteiger partial charge in [0.2, 0.25) is 0 Å². The Balaban J connectivity index is 2.20. The zero-order valence-corrected chi connectivity index (χ0v) is 15.5. The molecule has 0 aliphatic carbocycles. The monoisotopic (exact) mass is 395 g/mol. The van der Waals surface area contributed by atoms with E-state index >= 15 is 0 Å². The summed E-state index contributed by atoms with van der Waals surface area (Å²) < 4.78 is 29.6. The average molecular weight is 395 g/mol. The summed E-state index contributed by atoms with van der Waals surface area (Å²) in [6.45, 7) is 0.215. The van der Waals surface area contributed by atoms with Crippen LogP contribution in [0.5, 0.6) is 5.75 Å². The number of para-hydroxylation sites is 1. The summed E-state index contributed by atoms with van der Waals surface area (Å²) in [6, 6.07) is 12.3. The summed E-state index contributed by atoms with van der Waals surface area (Å²) in [5, 5.41) is 11.1. The first kappa shape index (κ1) is 20.7. The number of halogens is 2. The first-order valence-electron chi connectivity index (χ1n) is 8.12. The molecule has 27 heavy (non-hydrogen) atoms. The van der Waals surface area contributed by atoms with E-state index in [1.807, 2.05) is 0 Å². The van der Waals surface area contributed by atoms with E-state index in [2.05, 4.69) is 10.1 Å². The Bertz CT molecular complexity index is 816. The topological polar surface area (TPSA) is 75.6 Å². The maximum Gasteiger partial charge on any atom is 0.387 e. The third kappa shape index (κ3) is 5.68. The number of alkyl halides is 2. The van der Waals surface area contributed by atoms with Gasteiger partial charge in [-0.05, 0) is 32.0 Å². The number of hydrogen-bond donors (Lipinski definition) is 2. The minimum atomic E-state index is -2.97. The van der Waals surface area contributed by atoms with Crippen molar-refractivity contribution in [2.24, 2.45) is 0 Å². The fourth-order valence-corrected chi connectivity index (χ4v) is 3.32. The lowest BCUT2D eigenvalue weighted by Gasteiger charge is -2.19. The van der Waals surface area contributed by atoms with Gasteiger partial charge in [0.25, 0.3) is 5.91 Å². The van der Waals surface area contributed by atoms with Gasteiger partial charge in [-0.3, -0.25) is 9.59 Å². The molecule has 0 saturated heterocycles. The lowest BCUT2D eigenvalue weighted by molar-refractivity contribution is -0.136. The zero-order chi connectivity index (χ0) is 20.0. The molecule has 0 fully saturated rings. The molecule has 2 aromatic rings. The van der Waals surface area contributed by atoms with Crippen molar-refractivity contribution in [2.75, 3.05) is 0 Å². The second kappa shape index (κ2) is 9.36. The highest BCUT2D eigenvalue weighted by atomic mass is 32.2. The van der Waals surface area contributed by atoms with E-state index in [0.717, 1.165) is 11.8 Å². The van der Waals surface area contributed by atoms with Crippen LogP contribution in [-0.4, -0.2) is 28.8 Å². The van der Waals surface area contributed by atoms with Gasteiger partial charge in [0.15, 0.2) is 0 Å². The Hall–Kier alpha value is -2.61. The van der Waals surface area contributed by atoms with Crippen molar-refractivity contribution < 1.29 is 28.2 Å². The highest BCUT2D eigenvalue weighted by Crippen LogP contribution is 2.29. The zero-order valence-electron chi connectivity index (χ0n) is 14.7. The Morgan fingerprint density at radius 2 is 1.70 bits per heavy atom. The van der Waals surface area contributed by atoms with Crippen LogP contribution >= 0.6 is 11.8 Å². The minimum absolute atomic E-state index is 0.0116. The summed E-state index contributed by atoms with van der Waals surface area (Å²) in [5.74, 6) is -1.43. The summed E-state index contributed by atoms with van der Waals surface area (Å²) in [5.41, 5.74) is 0.727. The molecule has 0 spiro atoms. The molecular formula is C19H19F2NO4S. The van der Waals surface area contributed by atoms with Gasteiger partial charge in [-0.15, -0.1) is 11.8 Å². The molecule has 2 aromatic carbocycles. The highest BCUT2D eigenvalue weighted by Gasteiger charge is 2.21. The molecule has 0 aromatic heterocycles. The predicted molar refractivity (Wildman–Crippen MR) is 98.4 cm³/mol. The molecule has 2 unspecified atom stereocenters. The molecule has 0 heterocycles. The van der Waals surface area contributed by atoms with Gasteiger partial charge < -0.3 is 15.2 Å². The van der Waals surface area contributed by atoms with Crippen molar-refractivity contribution in [3.63, 3.8) is 0 Å². The van der Waals surface area contributed by atoms with Gasteiger partial charge in [-0.1, -0.05) is 30.3 Å². The van der Waals surface area contributed by atoms with E-state index in [1.165, 1.54) is 13.0 Å². The van der Waals surface area contributed by atoms with Crippen LogP contribution in [0.4, 0.5) is 8.78 Å². The van der Waals surface area contributed by atoms with Gasteiger partial charge in [0, 0.05) is 10.5 Å². The van der Waals surface area contributed by atoms with Crippen LogP contribution < -0.4 is 10.1 Å². The number of benzene rings is 2. The van der Waals surface area contributed by atoms with Gasteiger partial charge in [-0.25, -0.2) is 0 Å². The molecule has 8 heteroatoms. The van der Waals surface area contributed by atoms with Crippen LogP contribution in [0.2, 0.25) is 0 Å². The number of carboxylic acids is 1. The number of amides is 1. The lowest BCUT2D eigenvalue weighted by Crippen LogP contribution is -2.27. The number of rotatable bonds is 8. The number of aliphatic carboxylic acids is 1. The quantitative estimate of drug-likeness (QED) is 0.650. The van der Waals surface area contributed by atoms with Crippen LogP contribution in [0.1, 0.15) is 35.8 Å². The van der Waals surface area contributed by atoms with Crippen molar-refractivity contribution in [2.45, 2.75) is 36.6 Å². The first-order chi connectivity index (χ1) is 12.8. The smallest absolute Gasteiger partial charge is 0.387 e. The fourth-order valence-electron chi connectivity index (χ4n) is 2.39. The summed E-state index contributed by atoms with van der Waals surface area (Å²) in [6.07, 6.45) is 0. The van der Waals surface area contributed by atoms with Crippen molar-refractivity contribution in [3.8, 4) is 5.75 Å². The molecular weight excluding hydrogens is 376 g/mol. The average Bonchev–Trinajstić information content (AvgIpc) is 2.61. The second-order valence-electron chi connectivity index (χ2n) is 5.71. The molecule has 0 radical (unpaired) electrons. The van der Waals surface area contributed by atoms with Crippen molar-refractivity contribution >= 4 is 23.6 Å². The van der Waals surface area contributed by atoms with Gasteiger partial charge in [-0.2, -0.15) is 8.78 Å². The van der Waals surface area contributed by atoms with Crippen molar-refractivity contribution in [3.05, 3.63) is 59.7 Å². The molecule has 2 rings (SSSR count). The number of nitrogens with one attached hydrogen (secondary N) is 1. The first-order valence-corrected chi connectivity index (χ1v) is 9.00. The molecule has 5 nitrogen and oxygen atoms in total. The van der Waals surface area contributed by atoms with E-state index in [1.54, 1.807) is 49.4 Å². The van der Waals surface area contributed by atoms with Crippen LogP contribution in [-0.2, 0) is 4.79 Å². The van der Waals surface area contributed by atoms with Crippen LogP contribution in [0.15, 0.2) is 53.4 Å². The summed E-state index contributed by atoms with van der Waals surface area (Å²) in [4.78, 5) is 24.3. The Labute approximate surface area is 159 Å². The van der Waals surface area contributed by atoms with Crippen molar-refractivity contribution in [1.82, 2.24) is 5.32 Å². The van der Waals surface area contributed by atoms with Crippen LogP contribution in [0, 0.1) is 0 Å². The van der Waals surface area contributed by atoms with E-state index in [4.69, 9.17) is 5.11 Å². The second-order valence-corrected chi connectivity index (χ2v) is 7.09. The Morgan fingerprint density at radius 3 is 2.37 bits per heavy atom. The van der Waals surface area contributed by atoms with E-state index in [0.29, 0.717) is 16.0 Å². The maximum atomic E-state index is 12.7. The molecule has 0 bridgehead atoms. The van der Waals surface area contributed by atoms with Gasteiger partial charge in [0.05, 0.1) is 11.6 Å². The van der Waals surface area contributed by atoms with E-state index in [9.17, 15) is 18.4 Å². The highest BCUT2D eigenvalue weighted by molar-refractivity contribution is 8.00. The molecule has 0 aliphatic rings. The maximum absolute atomic E-state index is 12.7.